The predicted molar refractivity (Wildman–Crippen MR) is 70.2 cm³/mol. The van der Waals surface area contributed by atoms with Gasteiger partial charge in [0.25, 0.3) is 0 Å². The quantitative estimate of drug-likeness (QED) is 0.440. The standard InChI is InChI=1S/C11H17N3O3S/c1-2-14(10-6-4-3-5-7-10)18(16,17)9-8-11(15)13-12/h3-7H,2,8-9,12H2,1H3,(H,13,15). The third-order valence-electron chi connectivity index (χ3n) is 2.42. The summed E-state index contributed by atoms with van der Waals surface area (Å²) in [7, 11) is -3.51. The Morgan fingerprint density at radius 1 is 1.33 bits per heavy atom. The minimum absolute atomic E-state index is 0.151. The topological polar surface area (TPSA) is 92.5 Å². The summed E-state index contributed by atoms with van der Waals surface area (Å²) in [6.07, 6.45) is -0.151. The minimum Gasteiger partial charge on any atom is -0.294 e. The fourth-order valence-corrected chi connectivity index (χ4v) is 3.04. The van der Waals surface area contributed by atoms with E-state index in [1.807, 2.05) is 11.5 Å². The van der Waals surface area contributed by atoms with Gasteiger partial charge in [-0.1, -0.05) is 18.2 Å². The van der Waals surface area contributed by atoms with E-state index in [0.717, 1.165) is 0 Å². The van der Waals surface area contributed by atoms with Crippen LogP contribution < -0.4 is 15.6 Å². The van der Waals surface area contributed by atoms with Gasteiger partial charge in [0, 0.05) is 13.0 Å². The molecule has 6 nitrogen and oxygen atoms in total. The Bertz CT molecular complexity index is 488. The van der Waals surface area contributed by atoms with E-state index in [1.54, 1.807) is 31.2 Å². The number of hydrazine groups is 1. The van der Waals surface area contributed by atoms with Gasteiger partial charge in [-0.05, 0) is 19.1 Å². The van der Waals surface area contributed by atoms with Crippen LogP contribution in [0.1, 0.15) is 13.3 Å². The Balaban J connectivity index is 2.85. The molecule has 100 valence electrons. The van der Waals surface area contributed by atoms with Crippen LogP contribution in [0.5, 0.6) is 0 Å². The summed E-state index contributed by atoms with van der Waals surface area (Å²) in [6, 6.07) is 8.76. The van der Waals surface area contributed by atoms with Crippen LogP contribution in [0.25, 0.3) is 0 Å². The lowest BCUT2D eigenvalue weighted by Crippen LogP contribution is -2.36. The molecular formula is C11H17N3O3S. The summed E-state index contributed by atoms with van der Waals surface area (Å²) in [4.78, 5) is 11.0. The van der Waals surface area contributed by atoms with Gasteiger partial charge in [0.15, 0.2) is 0 Å². The molecule has 0 radical (unpaired) electrons. The molecule has 0 aliphatic heterocycles. The van der Waals surface area contributed by atoms with Crippen LogP contribution in [0.3, 0.4) is 0 Å². The van der Waals surface area contributed by atoms with Gasteiger partial charge in [0.1, 0.15) is 0 Å². The van der Waals surface area contributed by atoms with Gasteiger partial charge in [0.05, 0.1) is 11.4 Å². The van der Waals surface area contributed by atoms with Crippen LogP contribution in [0.4, 0.5) is 5.69 Å². The van der Waals surface area contributed by atoms with Crippen LogP contribution in [0.15, 0.2) is 30.3 Å². The maximum Gasteiger partial charge on any atom is 0.235 e. The van der Waals surface area contributed by atoms with Gasteiger partial charge >= 0.3 is 0 Å². The molecule has 1 aromatic rings. The molecule has 0 spiro atoms. The molecular weight excluding hydrogens is 254 g/mol. The number of sulfonamides is 1. The number of anilines is 1. The highest BCUT2D eigenvalue weighted by atomic mass is 32.2. The lowest BCUT2D eigenvalue weighted by Gasteiger charge is -2.22. The van der Waals surface area contributed by atoms with Crippen molar-refractivity contribution in [3.8, 4) is 0 Å². The molecule has 0 saturated carbocycles. The molecule has 1 rings (SSSR count). The zero-order valence-corrected chi connectivity index (χ0v) is 11.0. The van der Waals surface area contributed by atoms with Crippen LogP contribution >= 0.6 is 0 Å². The smallest absolute Gasteiger partial charge is 0.235 e. The van der Waals surface area contributed by atoms with Gasteiger partial charge in [-0.15, -0.1) is 0 Å². The lowest BCUT2D eigenvalue weighted by atomic mass is 10.3. The van der Waals surface area contributed by atoms with Crippen molar-refractivity contribution in [2.75, 3.05) is 16.6 Å². The molecule has 7 heteroatoms. The van der Waals surface area contributed by atoms with E-state index in [4.69, 9.17) is 5.84 Å². The zero-order chi connectivity index (χ0) is 13.6. The van der Waals surface area contributed by atoms with E-state index in [9.17, 15) is 13.2 Å². The van der Waals surface area contributed by atoms with E-state index in [0.29, 0.717) is 12.2 Å². The molecule has 0 atom stereocenters. The van der Waals surface area contributed by atoms with E-state index in [-0.39, 0.29) is 12.2 Å². The van der Waals surface area contributed by atoms with E-state index in [2.05, 4.69) is 0 Å². The first-order valence-corrected chi connectivity index (χ1v) is 7.17. The van der Waals surface area contributed by atoms with E-state index < -0.39 is 15.9 Å². The summed E-state index contributed by atoms with van der Waals surface area (Å²) in [5, 5.41) is 0. The number of nitrogens with one attached hydrogen (secondary N) is 1. The van der Waals surface area contributed by atoms with Crippen LogP contribution in [0.2, 0.25) is 0 Å². The predicted octanol–water partition coefficient (Wildman–Crippen LogP) is 0.223. The van der Waals surface area contributed by atoms with Crippen LogP contribution in [-0.4, -0.2) is 26.6 Å². The molecule has 0 heterocycles. The van der Waals surface area contributed by atoms with Crippen molar-refractivity contribution in [1.29, 1.82) is 0 Å². The highest BCUT2D eigenvalue weighted by Crippen LogP contribution is 2.17. The van der Waals surface area contributed by atoms with Crippen molar-refractivity contribution in [3.05, 3.63) is 30.3 Å². The number of carbonyl (C=O) groups excluding carboxylic acids is 1. The fraction of sp³-hybridized carbons (Fsp3) is 0.364. The molecule has 0 bridgehead atoms. The number of nitrogens with two attached hydrogens (primary N) is 1. The maximum atomic E-state index is 12.1. The second-order valence-corrected chi connectivity index (χ2v) is 5.65. The molecule has 0 unspecified atom stereocenters. The minimum atomic E-state index is -3.51. The average molecular weight is 271 g/mol. The van der Waals surface area contributed by atoms with Crippen LogP contribution in [-0.2, 0) is 14.8 Å². The second kappa shape index (κ2) is 6.36. The molecule has 0 fully saturated rings. The Morgan fingerprint density at radius 2 is 1.94 bits per heavy atom. The fourth-order valence-electron chi connectivity index (χ4n) is 1.54. The number of carbonyl (C=O) groups is 1. The first kappa shape index (κ1) is 14.5. The molecule has 1 aromatic carbocycles. The Hall–Kier alpha value is -1.60. The molecule has 1 amide bonds. The number of rotatable bonds is 6. The maximum absolute atomic E-state index is 12.1. The number of hydrogen-bond donors (Lipinski definition) is 2. The van der Waals surface area contributed by atoms with Gasteiger partial charge < -0.3 is 0 Å². The zero-order valence-electron chi connectivity index (χ0n) is 10.2. The van der Waals surface area contributed by atoms with Crippen molar-refractivity contribution in [1.82, 2.24) is 5.43 Å². The average Bonchev–Trinajstić information content (AvgIpc) is 2.38. The highest BCUT2D eigenvalue weighted by molar-refractivity contribution is 7.92. The molecule has 0 aromatic heterocycles. The highest BCUT2D eigenvalue weighted by Gasteiger charge is 2.21. The Labute approximate surface area is 107 Å². The van der Waals surface area contributed by atoms with Gasteiger partial charge in [-0.2, -0.15) is 0 Å². The van der Waals surface area contributed by atoms with Gasteiger partial charge in [-0.25, -0.2) is 14.3 Å². The van der Waals surface area contributed by atoms with Crippen molar-refractivity contribution in [2.45, 2.75) is 13.3 Å². The first-order valence-electron chi connectivity index (χ1n) is 5.56. The number of hydrogen-bond acceptors (Lipinski definition) is 4. The Kier molecular flexibility index (Phi) is 5.11. The summed E-state index contributed by atoms with van der Waals surface area (Å²) in [6.45, 7) is 2.06. The normalized spacial score (nSPS) is 11.0. The SMILES string of the molecule is CCN(c1ccccc1)S(=O)(=O)CCC(=O)NN. The Morgan fingerprint density at radius 3 is 2.44 bits per heavy atom. The summed E-state index contributed by atoms with van der Waals surface area (Å²) >= 11 is 0. The number of para-hydroxylation sites is 1. The molecule has 18 heavy (non-hydrogen) atoms. The third kappa shape index (κ3) is 3.71. The lowest BCUT2D eigenvalue weighted by molar-refractivity contribution is -0.120. The monoisotopic (exact) mass is 271 g/mol. The molecule has 0 aliphatic carbocycles. The summed E-state index contributed by atoms with van der Waals surface area (Å²) in [5.41, 5.74) is 2.50. The summed E-state index contributed by atoms with van der Waals surface area (Å²) < 4.78 is 25.5. The molecule has 3 N–H and O–H groups in total. The molecule has 0 saturated heterocycles. The van der Waals surface area contributed by atoms with Crippen molar-refractivity contribution >= 4 is 21.6 Å². The van der Waals surface area contributed by atoms with Gasteiger partial charge in [0.2, 0.25) is 15.9 Å². The number of amides is 1. The number of nitrogens with zero attached hydrogens (tertiary/aromatic N) is 1. The molecule has 0 aliphatic rings. The van der Waals surface area contributed by atoms with E-state index >= 15 is 0 Å². The van der Waals surface area contributed by atoms with E-state index in [1.165, 1.54) is 4.31 Å². The van der Waals surface area contributed by atoms with Gasteiger partial charge in [-0.3, -0.25) is 14.5 Å². The second-order valence-electron chi connectivity index (χ2n) is 3.63. The third-order valence-corrected chi connectivity index (χ3v) is 4.28. The summed E-state index contributed by atoms with van der Waals surface area (Å²) in [5.74, 6) is 4.15. The first-order chi connectivity index (χ1) is 8.51. The van der Waals surface area contributed by atoms with Crippen LogP contribution in [0, 0.1) is 0 Å². The largest absolute Gasteiger partial charge is 0.294 e. The number of benzene rings is 1. The van der Waals surface area contributed by atoms with Crippen molar-refractivity contribution in [2.24, 2.45) is 5.84 Å². The van der Waals surface area contributed by atoms with Crippen molar-refractivity contribution in [3.63, 3.8) is 0 Å². The van der Waals surface area contributed by atoms with Crippen molar-refractivity contribution < 1.29 is 13.2 Å².